The molecular formula is C11H23NO2. The van der Waals surface area contributed by atoms with Crippen LogP contribution >= 0.6 is 0 Å². The third-order valence-corrected chi connectivity index (χ3v) is 2.51. The van der Waals surface area contributed by atoms with Gasteiger partial charge in [0.1, 0.15) is 0 Å². The van der Waals surface area contributed by atoms with E-state index in [1.165, 1.54) is 0 Å². The Bertz CT molecular complexity index is 173. The molecule has 3 heteroatoms. The average Bonchev–Trinajstić information content (AvgIpc) is 2.01. The zero-order chi connectivity index (χ0) is 11.2. The van der Waals surface area contributed by atoms with E-state index in [1.54, 1.807) is 0 Å². The van der Waals surface area contributed by atoms with Crippen molar-refractivity contribution in [1.29, 1.82) is 0 Å². The number of unbranched alkanes of at least 4 members (excludes halogenated alkanes) is 1. The molecule has 0 aromatic rings. The van der Waals surface area contributed by atoms with Crippen molar-refractivity contribution in [2.45, 2.75) is 40.0 Å². The van der Waals surface area contributed by atoms with Gasteiger partial charge < -0.3 is 10.4 Å². The Morgan fingerprint density at radius 3 is 2.29 bits per heavy atom. The number of hydrogen-bond donors (Lipinski definition) is 2. The van der Waals surface area contributed by atoms with Crippen LogP contribution in [0.5, 0.6) is 0 Å². The minimum absolute atomic E-state index is 0.133. The summed E-state index contributed by atoms with van der Waals surface area (Å²) in [6.07, 6.45) is 2.81. The summed E-state index contributed by atoms with van der Waals surface area (Å²) < 4.78 is 0. The van der Waals surface area contributed by atoms with Crippen molar-refractivity contribution in [1.82, 2.24) is 5.32 Å². The van der Waals surface area contributed by atoms with Gasteiger partial charge in [-0.05, 0) is 31.8 Å². The first-order chi connectivity index (χ1) is 6.39. The normalized spacial score (nSPS) is 14.0. The molecule has 0 aliphatic carbocycles. The Hall–Kier alpha value is -0.570. The van der Waals surface area contributed by atoms with E-state index in [0.717, 1.165) is 25.8 Å². The van der Waals surface area contributed by atoms with E-state index >= 15 is 0 Å². The molecule has 0 heterocycles. The predicted molar refractivity (Wildman–Crippen MR) is 58.4 cm³/mol. The maximum Gasteiger partial charge on any atom is 0.307 e. The van der Waals surface area contributed by atoms with Crippen LogP contribution in [0.1, 0.15) is 40.0 Å². The van der Waals surface area contributed by atoms with Gasteiger partial charge in [0.2, 0.25) is 0 Å². The molecule has 0 spiro atoms. The van der Waals surface area contributed by atoms with Crippen LogP contribution in [0.25, 0.3) is 0 Å². The standard InChI is InChI=1S/C11H23NO2/c1-11(2,3)9(10(13)14)7-5-6-8-12-4/h9,12H,5-8H2,1-4H3,(H,13,14). The number of carbonyl (C=O) groups is 1. The molecule has 0 aromatic heterocycles. The monoisotopic (exact) mass is 201 g/mol. The maximum absolute atomic E-state index is 11.0. The van der Waals surface area contributed by atoms with E-state index in [0.29, 0.717) is 0 Å². The van der Waals surface area contributed by atoms with E-state index in [2.05, 4.69) is 5.32 Å². The lowest BCUT2D eigenvalue weighted by molar-refractivity contribution is -0.145. The number of carboxylic acids is 1. The number of carboxylic acid groups (broad SMARTS) is 1. The van der Waals surface area contributed by atoms with Crippen molar-refractivity contribution in [2.75, 3.05) is 13.6 Å². The molecule has 0 saturated carbocycles. The Balaban J connectivity index is 3.94. The fourth-order valence-electron chi connectivity index (χ4n) is 1.58. The molecule has 0 amide bonds. The van der Waals surface area contributed by atoms with Gasteiger partial charge in [-0.25, -0.2) is 0 Å². The van der Waals surface area contributed by atoms with Gasteiger partial charge in [0, 0.05) is 0 Å². The topological polar surface area (TPSA) is 49.3 Å². The lowest BCUT2D eigenvalue weighted by atomic mass is 9.78. The second kappa shape index (κ2) is 6.02. The average molecular weight is 201 g/mol. The lowest BCUT2D eigenvalue weighted by Gasteiger charge is -2.26. The molecule has 14 heavy (non-hydrogen) atoms. The van der Waals surface area contributed by atoms with Crippen LogP contribution < -0.4 is 5.32 Å². The molecule has 0 aromatic carbocycles. The molecule has 1 atom stereocenters. The van der Waals surface area contributed by atoms with Gasteiger partial charge >= 0.3 is 5.97 Å². The predicted octanol–water partition coefficient (Wildman–Crippen LogP) is 2.12. The van der Waals surface area contributed by atoms with Crippen LogP contribution in [0.2, 0.25) is 0 Å². The van der Waals surface area contributed by atoms with Crippen molar-refractivity contribution >= 4 is 5.97 Å². The fraction of sp³-hybridized carbons (Fsp3) is 0.909. The first-order valence-electron chi connectivity index (χ1n) is 5.27. The summed E-state index contributed by atoms with van der Waals surface area (Å²) in [6.45, 7) is 6.94. The largest absolute Gasteiger partial charge is 0.481 e. The van der Waals surface area contributed by atoms with Crippen molar-refractivity contribution < 1.29 is 9.90 Å². The van der Waals surface area contributed by atoms with Crippen molar-refractivity contribution in [3.8, 4) is 0 Å². The molecule has 0 fully saturated rings. The second-order valence-electron chi connectivity index (χ2n) is 4.86. The first kappa shape index (κ1) is 13.4. The summed E-state index contributed by atoms with van der Waals surface area (Å²) in [7, 11) is 1.92. The van der Waals surface area contributed by atoms with Gasteiger partial charge in [0.15, 0.2) is 0 Å². The van der Waals surface area contributed by atoms with Gasteiger partial charge in [-0.15, -0.1) is 0 Å². The molecule has 0 radical (unpaired) electrons. The third-order valence-electron chi connectivity index (χ3n) is 2.51. The Kier molecular flexibility index (Phi) is 5.77. The fourth-order valence-corrected chi connectivity index (χ4v) is 1.58. The Morgan fingerprint density at radius 1 is 1.36 bits per heavy atom. The molecule has 0 saturated heterocycles. The lowest BCUT2D eigenvalue weighted by Crippen LogP contribution is -2.28. The summed E-state index contributed by atoms with van der Waals surface area (Å²) >= 11 is 0. The van der Waals surface area contributed by atoms with E-state index in [9.17, 15) is 4.79 Å². The molecule has 84 valence electrons. The first-order valence-corrected chi connectivity index (χ1v) is 5.27. The van der Waals surface area contributed by atoms with Crippen LogP contribution in [-0.2, 0) is 4.79 Å². The Labute approximate surface area is 86.9 Å². The summed E-state index contributed by atoms with van der Waals surface area (Å²) in [4.78, 5) is 11.0. The zero-order valence-corrected chi connectivity index (χ0v) is 9.76. The van der Waals surface area contributed by atoms with Gasteiger partial charge in [0.25, 0.3) is 0 Å². The van der Waals surface area contributed by atoms with Gasteiger partial charge in [-0.2, -0.15) is 0 Å². The number of aliphatic carboxylic acids is 1. The highest BCUT2D eigenvalue weighted by molar-refractivity contribution is 5.70. The smallest absolute Gasteiger partial charge is 0.307 e. The number of nitrogens with one attached hydrogen (secondary N) is 1. The van der Waals surface area contributed by atoms with Gasteiger partial charge in [-0.1, -0.05) is 27.2 Å². The molecule has 0 aliphatic rings. The highest BCUT2D eigenvalue weighted by Crippen LogP contribution is 2.30. The molecule has 2 N–H and O–H groups in total. The summed E-state index contributed by atoms with van der Waals surface area (Å²) in [5.74, 6) is -0.888. The van der Waals surface area contributed by atoms with Crippen LogP contribution in [0.15, 0.2) is 0 Å². The second-order valence-corrected chi connectivity index (χ2v) is 4.86. The minimum Gasteiger partial charge on any atom is -0.481 e. The number of hydrogen-bond acceptors (Lipinski definition) is 2. The molecule has 0 bridgehead atoms. The van der Waals surface area contributed by atoms with Gasteiger partial charge in [0.05, 0.1) is 5.92 Å². The van der Waals surface area contributed by atoms with Crippen molar-refractivity contribution in [3.63, 3.8) is 0 Å². The Morgan fingerprint density at radius 2 is 1.93 bits per heavy atom. The zero-order valence-electron chi connectivity index (χ0n) is 9.76. The molecule has 1 unspecified atom stereocenters. The maximum atomic E-state index is 11.0. The van der Waals surface area contributed by atoms with Crippen molar-refractivity contribution in [2.24, 2.45) is 11.3 Å². The van der Waals surface area contributed by atoms with E-state index in [1.807, 2.05) is 27.8 Å². The van der Waals surface area contributed by atoms with E-state index in [4.69, 9.17) is 5.11 Å². The highest BCUT2D eigenvalue weighted by Gasteiger charge is 2.30. The van der Waals surface area contributed by atoms with E-state index in [-0.39, 0.29) is 11.3 Å². The third kappa shape index (κ3) is 5.22. The number of rotatable bonds is 6. The molecule has 0 aliphatic heterocycles. The highest BCUT2D eigenvalue weighted by atomic mass is 16.4. The summed E-state index contributed by atoms with van der Waals surface area (Å²) in [5.41, 5.74) is -0.133. The van der Waals surface area contributed by atoms with Crippen LogP contribution in [-0.4, -0.2) is 24.7 Å². The molecular weight excluding hydrogens is 178 g/mol. The minimum atomic E-state index is -0.665. The van der Waals surface area contributed by atoms with E-state index < -0.39 is 5.97 Å². The van der Waals surface area contributed by atoms with Gasteiger partial charge in [-0.3, -0.25) is 4.79 Å². The molecule has 3 nitrogen and oxygen atoms in total. The van der Waals surface area contributed by atoms with Crippen LogP contribution in [0, 0.1) is 11.3 Å². The SMILES string of the molecule is CNCCCCC(C(=O)O)C(C)(C)C. The van der Waals surface area contributed by atoms with Crippen LogP contribution in [0.4, 0.5) is 0 Å². The van der Waals surface area contributed by atoms with Crippen molar-refractivity contribution in [3.05, 3.63) is 0 Å². The summed E-state index contributed by atoms with van der Waals surface area (Å²) in [6, 6.07) is 0. The van der Waals surface area contributed by atoms with Crippen LogP contribution in [0.3, 0.4) is 0 Å². The quantitative estimate of drug-likeness (QED) is 0.647. The summed E-state index contributed by atoms with van der Waals surface area (Å²) in [5, 5.41) is 12.1. The molecule has 0 rings (SSSR count).